The first-order valence-corrected chi connectivity index (χ1v) is 16.6. The number of imide groups is 1. The SMILES string of the molecule is CCN(CC(=O)N(C(=O)[C@@H](N)CC(=O)O)[C@@H](CC1CCC(C2CCCCC2)CC1)C(=O)O)C(=O)CCCC1CCNCC1. The molecule has 0 radical (unpaired) electrons. The zero-order valence-corrected chi connectivity index (χ0v) is 26.0. The summed E-state index contributed by atoms with van der Waals surface area (Å²) in [6.07, 6.45) is 13.5. The van der Waals surface area contributed by atoms with E-state index in [1.807, 2.05) is 0 Å². The predicted molar refractivity (Wildman–Crippen MR) is 162 cm³/mol. The molecule has 3 fully saturated rings. The number of likely N-dealkylation sites (N-methyl/N-ethyl adjacent to an activating group) is 1. The zero-order chi connectivity index (χ0) is 31.4. The Kier molecular flexibility index (Phi) is 14.4. The standard InChI is InChI=1S/C32H54N4O7/c1-2-35(28(37)10-6-7-22-15-17-34-18-16-22)21-29(38)36(31(41)26(33)20-30(39)40)27(32(42)43)19-23-11-13-25(14-12-23)24-8-4-3-5-9-24/h22-27,34H,2-21,33H2,1H3,(H,39,40)(H,42,43)/t23?,25?,26-,27-/m0/s1. The lowest BCUT2D eigenvalue weighted by atomic mass is 9.70. The van der Waals surface area contributed by atoms with Gasteiger partial charge in [-0.2, -0.15) is 0 Å². The summed E-state index contributed by atoms with van der Waals surface area (Å²) in [5.74, 6) is -2.75. The number of rotatable bonds is 15. The van der Waals surface area contributed by atoms with Crippen molar-refractivity contribution in [2.45, 2.75) is 122 Å². The first-order valence-electron chi connectivity index (χ1n) is 16.6. The number of nitrogens with zero attached hydrogens (tertiary/aromatic N) is 2. The molecular weight excluding hydrogens is 552 g/mol. The van der Waals surface area contributed by atoms with Crippen molar-refractivity contribution in [1.29, 1.82) is 0 Å². The molecule has 0 spiro atoms. The number of hydrogen-bond acceptors (Lipinski definition) is 7. The van der Waals surface area contributed by atoms with E-state index in [1.54, 1.807) is 6.92 Å². The Bertz CT molecular complexity index is 940. The number of carbonyl (C=O) groups excluding carboxylic acids is 3. The number of amides is 3. The lowest BCUT2D eigenvalue weighted by Gasteiger charge is -2.38. The van der Waals surface area contributed by atoms with Gasteiger partial charge in [0.2, 0.25) is 17.7 Å². The van der Waals surface area contributed by atoms with Gasteiger partial charge < -0.3 is 26.2 Å². The number of carboxylic acid groups (broad SMARTS) is 2. The number of nitrogens with one attached hydrogen (secondary N) is 1. The second-order valence-electron chi connectivity index (χ2n) is 13.1. The van der Waals surface area contributed by atoms with Gasteiger partial charge in [-0.3, -0.25) is 24.1 Å². The van der Waals surface area contributed by atoms with E-state index >= 15 is 0 Å². The number of aliphatic carboxylic acids is 2. The highest BCUT2D eigenvalue weighted by molar-refractivity contribution is 6.03. The second kappa shape index (κ2) is 17.7. The third-order valence-electron chi connectivity index (χ3n) is 10.1. The number of carboxylic acids is 2. The summed E-state index contributed by atoms with van der Waals surface area (Å²) in [6, 6.07) is -3.04. The average Bonchev–Trinajstić information content (AvgIpc) is 3.00. The largest absolute Gasteiger partial charge is 0.481 e. The maximum absolute atomic E-state index is 13.7. The normalized spacial score (nSPS) is 23.2. The molecule has 2 aliphatic carbocycles. The predicted octanol–water partition coefficient (Wildman–Crippen LogP) is 3.39. The van der Waals surface area contributed by atoms with E-state index in [1.165, 1.54) is 37.0 Å². The summed E-state index contributed by atoms with van der Waals surface area (Å²) in [4.78, 5) is 66.0. The molecule has 3 rings (SSSR count). The van der Waals surface area contributed by atoms with E-state index in [-0.39, 0.29) is 31.2 Å². The van der Waals surface area contributed by atoms with Crippen LogP contribution in [0.2, 0.25) is 0 Å². The summed E-state index contributed by atoms with van der Waals surface area (Å²) in [5.41, 5.74) is 5.89. The number of nitrogens with two attached hydrogens (primary N) is 1. The molecule has 0 aromatic rings. The van der Waals surface area contributed by atoms with Crippen LogP contribution in [0.25, 0.3) is 0 Å². The van der Waals surface area contributed by atoms with Gasteiger partial charge in [0.1, 0.15) is 12.6 Å². The molecule has 1 saturated heterocycles. The Labute approximate surface area is 256 Å². The highest BCUT2D eigenvalue weighted by Crippen LogP contribution is 2.41. The summed E-state index contributed by atoms with van der Waals surface area (Å²) in [7, 11) is 0. The van der Waals surface area contributed by atoms with Crippen molar-refractivity contribution in [3.8, 4) is 0 Å². The van der Waals surface area contributed by atoms with Gasteiger partial charge >= 0.3 is 11.9 Å². The van der Waals surface area contributed by atoms with E-state index in [0.29, 0.717) is 23.2 Å². The number of hydrogen-bond donors (Lipinski definition) is 4. The van der Waals surface area contributed by atoms with Crippen LogP contribution in [0.1, 0.15) is 110 Å². The molecule has 244 valence electrons. The fraction of sp³-hybridized carbons (Fsp3) is 0.844. The summed E-state index contributed by atoms with van der Waals surface area (Å²) in [5, 5.41) is 22.8. The molecule has 11 nitrogen and oxygen atoms in total. The van der Waals surface area contributed by atoms with Crippen LogP contribution in [0, 0.1) is 23.7 Å². The van der Waals surface area contributed by atoms with Crippen molar-refractivity contribution in [2.24, 2.45) is 29.4 Å². The Morgan fingerprint density at radius 1 is 0.837 bits per heavy atom. The Hall–Kier alpha value is -2.53. The molecule has 1 heterocycles. The Morgan fingerprint density at radius 2 is 1.47 bits per heavy atom. The molecule has 3 aliphatic rings. The summed E-state index contributed by atoms with van der Waals surface area (Å²) < 4.78 is 0. The summed E-state index contributed by atoms with van der Waals surface area (Å²) >= 11 is 0. The van der Waals surface area contributed by atoms with Crippen LogP contribution in [-0.4, -0.2) is 87.9 Å². The molecule has 0 bridgehead atoms. The molecule has 5 N–H and O–H groups in total. The molecule has 0 aromatic carbocycles. The van der Waals surface area contributed by atoms with Crippen LogP contribution in [0.4, 0.5) is 0 Å². The molecule has 0 unspecified atom stereocenters. The molecule has 0 aromatic heterocycles. The number of piperidine rings is 1. The maximum Gasteiger partial charge on any atom is 0.326 e. The molecule has 11 heteroatoms. The molecule has 2 saturated carbocycles. The van der Waals surface area contributed by atoms with Crippen molar-refractivity contribution < 1.29 is 34.2 Å². The minimum Gasteiger partial charge on any atom is -0.481 e. The van der Waals surface area contributed by atoms with Crippen LogP contribution in [0.3, 0.4) is 0 Å². The first-order chi connectivity index (χ1) is 20.6. The van der Waals surface area contributed by atoms with Gasteiger partial charge in [-0.05, 0) is 88.6 Å². The molecule has 1 aliphatic heterocycles. The Balaban J connectivity index is 1.67. The van der Waals surface area contributed by atoms with Gasteiger partial charge in [0, 0.05) is 13.0 Å². The first kappa shape index (κ1) is 35.0. The van der Waals surface area contributed by atoms with E-state index < -0.39 is 48.8 Å². The lowest BCUT2D eigenvalue weighted by Crippen LogP contribution is -2.57. The molecule has 43 heavy (non-hydrogen) atoms. The fourth-order valence-corrected chi connectivity index (χ4v) is 7.52. The number of carbonyl (C=O) groups is 5. The van der Waals surface area contributed by atoms with Crippen LogP contribution >= 0.6 is 0 Å². The highest BCUT2D eigenvalue weighted by Gasteiger charge is 2.40. The van der Waals surface area contributed by atoms with Crippen LogP contribution in [0.5, 0.6) is 0 Å². The van der Waals surface area contributed by atoms with Crippen molar-refractivity contribution in [3.63, 3.8) is 0 Å². The lowest BCUT2D eigenvalue weighted by molar-refractivity contribution is -0.161. The topological polar surface area (TPSA) is 170 Å². The quantitative estimate of drug-likeness (QED) is 0.218. The van der Waals surface area contributed by atoms with Gasteiger partial charge in [-0.25, -0.2) is 4.79 Å². The van der Waals surface area contributed by atoms with Gasteiger partial charge in [-0.1, -0.05) is 44.9 Å². The van der Waals surface area contributed by atoms with Gasteiger partial charge in [0.05, 0.1) is 12.5 Å². The van der Waals surface area contributed by atoms with Crippen LogP contribution in [-0.2, 0) is 24.0 Å². The maximum atomic E-state index is 13.7. The van der Waals surface area contributed by atoms with Crippen molar-refractivity contribution in [1.82, 2.24) is 15.1 Å². The average molecular weight is 607 g/mol. The van der Waals surface area contributed by atoms with Crippen LogP contribution < -0.4 is 11.1 Å². The van der Waals surface area contributed by atoms with Gasteiger partial charge in [0.15, 0.2) is 0 Å². The zero-order valence-electron chi connectivity index (χ0n) is 26.0. The van der Waals surface area contributed by atoms with Crippen molar-refractivity contribution in [3.05, 3.63) is 0 Å². The van der Waals surface area contributed by atoms with Crippen molar-refractivity contribution >= 4 is 29.7 Å². The third kappa shape index (κ3) is 10.8. The Morgan fingerprint density at radius 3 is 2.05 bits per heavy atom. The van der Waals surface area contributed by atoms with Gasteiger partial charge in [-0.15, -0.1) is 0 Å². The third-order valence-corrected chi connectivity index (χ3v) is 10.1. The molecular formula is C32H54N4O7. The van der Waals surface area contributed by atoms with Gasteiger partial charge in [0.25, 0.3) is 0 Å². The van der Waals surface area contributed by atoms with E-state index in [2.05, 4.69) is 5.32 Å². The van der Waals surface area contributed by atoms with Crippen LogP contribution in [0.15, 0.2) is 0 Å². The molecule has 3 amide bonds. The van der Waals surface area contributed by atoms with E-state index in [4.69, 9.17) is 5.73 Å². The minimum absolute atomic E-state index is 0.0265. The second-order valence-corrected chi connectivity index (χ2v) is 13.1. The minimum atomic E-state index is -1.57. The highest BCUT2D eigenvalue weighted by atomic mass is 16.4. The van der Waals surface area contributed by atoms with E-state index in [0.717, 1.165) is 64.0 Å². The van der Waals surface area contributed by atoms with E-state index in [9.17, 15) is 34.2 Å². The van der Waals surface area contributed by atoms with Crippen molar-refractivity contribution in [2.75, 3.05) is 26.2 Å². The smallest absolute Gasteiger partial charge is 0.326 e. The summed E-state index contributed by atoms with van der Waals surface area (Å²) in [6.45, 7) is 3.47. The monoisotopic (exact) mass is 606 g/mol. The molecule has 2 atom stereocenters. The fourth-order valence-electron chi connectivity index (χ4n) is 7.52.